The lowest BCUT2D eigenvalue weighted by Gasteiger charge is -2.30. The van der Waals surface area contributed by atoms with Crippen molar-refractivity contribution in [2.24, 2.45) is 10.9 Å². The number of amides is 1. The summed E-state index contributed by atoms with van der Waals surface area (Å²) in [5.74, 6) is 0.853. The van der Waals surface area contributed by atoms with E-state index >= 15 is 0 Å². The van der Waals surface area contributed by atoms with E-state index in [4.69, 9.17) is 4.99 Å². The number of carbonyl (C=O) groups excluding carboxylic acids is 1. The first-order valence-electron chi connectivity index (χ1n) is 11.3. The summed E-state index contributed by atoms with van der Waals surface area (Å²) in [7, 11) is 0. The molecule has 1 saturated heterocycles. The molecule has 0 aliphatic carbocycles. The van der Waals surface area contributed by atoms with Gasteiger partial charge in [0.2, 0.25) is 5.91 Å². The highest BCUT2D eigenvalue weighted by Crippen LogP contribution is 2.37. The average Bonchev–Trinajstić information content (AvgIpc) is 2.98. The summed E-state index contributed by atoms with van der Waals surface area (Å²) in [6, 6.07) is 12.3. The van der Waals surface area contributed by atoms with Crippen molar-refractivity contribution < 1.29 is 4.79 Å². The van der Waals surface area contributed by atoms with Crippen LogP contribution in [0.4, 0.5) is 0 Å². The zero-order chi connectivity index (χ0) is 22.3. The largest absolute Gasteiger partial charge is 0.356 e. The van der Waals surface area contributed by atoms with Crippen LogP contribution >= 0.6 is 11.8 Å². The van der Waals surface area contributed by atoms with Gasteiger partial charge in [-0.2, -0.15) is 0 Å². The Morgan fingerprint density at radius 1 is 1.16 bits per heavy atom. The van der Waals surface area contributed by atoms with Crippen molar-refractivity contribution in [3.05, 3.63) is 82.7 Å². The van der Waals surface area contributed by atoms with Gasteiger partial charge in [0.05, 0.1) is 11.6 Å². The normalized spacial score (nSPS) is 17.6. The standard InChI is InChI=1S/C26H30N4OS/c1-19(26(31)28-18-21-12-14-27-15-13-21)10-11-23-20(2)29-25(30-16-6-3-7-17-30)22-8-4-5-9-24(22)32-23/h4-5,8-15,19H,3,6-7,16-18H2,1-2H3,(H,28,31)/b11-10-. The van der Waals surface area contributed by atoms with Crippen LogP contribution in [0.15, 0.2) is 81.4 Å². The third-order valence-electron chi connectivity index (χ3n) is 5.80. The van der Waals surface area contributed by atoms with Crippen LogP contribution in [-0.4, -0.2) is 34.7 Å². The maximum absolute atomic E-state index is 12.6. The van der Waals surface area contributed by atoms with E-state index in [-0.39, 0.29) is 11.8 Å². The zero-order valence-corrected chi connectivity index (χ0v) is 19.6. The number of thioether (sulfide) groups is 1. The van der Waals surface area contributed by atoms with Crippen molar-refractivity contribution in [3.8, 4) is 0 Å². The maximum Gasteiger partial charge on any atom is 0.226 e. The van der Waals surface area contributed by atoms with Crippen LogP contribution in [0.25, 0.3) is 0 Å². The fraction of sp³-hybridized carbons (Fsp3) is 0.346. The molecule has 0 radical (unpaired) electrons. The van der Waals surface area contributed by atoms with E-state index in [0.29, 0.717) is 6.54 Å². The summed E-state index contributed by atoms with van der Waals surface area (Å²) in [5, 5.41) is 3.00. The second kappa shape index (κ2) is 10.6. The predicted molar refractivity (Wildman–Crippen MR) is 131 cm³/mol. The fourth-order valence-electron chi connectivity index (χ4n) is 3.88. The van der Waals surface area contributed by atoms with Crippen molar-refractivity contribution in [2.45, 2.75) is 44.6 Å². The first-order chi connectivity index (χ1) is 15.6. The van der Waals surface area contributed by atoms with Gasteiger partial charge in [-0.3, -0.25) is 9.78 Å². The number of allylic oxidation sites excluding steroid dienone is 2. The van der Waals surface area contributed by atoms with Crippen molar-refractivity contribution >= 4 is 23.5 Å². The number of hydrogen-bond donors (Lipinski definition) is 1. The minimum atomic E-state index is -0.234. The molecule has 1 aromatic carbocycles. The Kier molecular flexibility index (Phi) is 7.43. The number of nitrogens with zero attached hydrogens (tertiary/aromatic N) is 3. The number of nitrogens with one attached hydrogen (secondary N) is 1. The number of rotatable bonds is 5. The molecular weight excluding hydrogens is 416 g/mol. The molecule has 1 unspecified atom stereocenters. The van der Waals surface area contributed by atoms with Gasteiger partial charge in [-0.25, -0.2) is 4.99 Å². The van der Waals surface area contributed by atoms with Gasteiger partial charge in [0.1, 0.15) is 5.84 Å². The lowest BCUT2D eigenvalue weighted by Crippen LogP contribution is -2.36. The molecule has 4 rings (SSSR count). The number of carbonyl (C=O) groups is 1. The highest BCUT2D eigenvalue weighted by Gasteiger charge is 2.22. The molecule has 2 aromatic rings. The van der Waals surface area contributed by atoms with E-state index in [2.05, 4.69) is 52.5 Å². The Hall–Kier alpha value is -2.86. The SMILES string of the molecule is CC1=C(/C=C\C(C)C(=O)NCc2ccncc2)Sc2ccccc2C(N2CCCCC2)=N1. The van der Waals surface area contributed by atoms with Crippen LogP contribution in [0.3, 0.4) is 0 Å². The third-order valence-corrected chi connectivity index (χ3v) is 7.03. The summed E-state index contributed by atoms with van der Waals surface area (Å²) < 4.78 is 0. The third kappa shape index (κ3) is 5.49. The molecule has 6 heteroatoms. The van der Waals surface area contributed by atoms with Gasteiger partial charge in [-0.05, 0) is 56.0 Å². The molecule has 2 aliphatic rings. The van der Waals surface area contributed by atoms with Crippen LogP contribution in [0.1, 0.15) is 44.2 Å². The van der Waals surface area contributed by atoms with Gasteiger partial charge in [0, 0.05) is 47.4 Å². The molecule has 1 N–H and O–H groups in total. The molecule has 1 aromatic heterocycles. The van der Waals surface area contributed by atoms with E-state index in [1.165, 1.54) is 29.7 Å². The number of fused-ring (bicyclic) bond motifs is 1. The quantitative estimate of drug-likeness (QED) is 0.689. The maximum atomic E-state index is 12.6. The highest BCUT2D eigenvalue weighted by molar-refractivity contribution is 8.03. The summed E-state index contributed by atoms with van der Waals surface area (Å²) >= 11 is 1.73. The second-order valence-corrected chi connectivity index (χ2v) is 9.34. The fourth-order valence-corrected chi connectivity index (χ4v) is 4.87. The van der Waals surface area contributed by atoms with Gasteiger partial charge in [0.15, 0.2) is 0 Å². The van der Waals surface area contributed by atoms with Gasteiger partial charge < -0.3 is 10.2 Å². The van der Waals surface area contributed by atoms with Crippen LogP contribution < -0.4 is 5.32 Å². The molecule has 0 saturated carbocycles. The van der Waals surface area contributed by atoms with Crippen molar-refractivity contribution in [2.75, 3.05) is 13.1 Å². The van der Waals surface area contributed by atoms with Gasteiger partial charge in [0.25, 0.3) is 0 Å². The Bertz CT molecular complexity index is 1040. The minimum Gasteiger partial charge on any atom is -0.356 e. The van der Waals surface area contributed by atoms with Gasteiger partial charge in [-0.15, -0.1) is 0 Å². The lowest BCUT2D eigenvalue weighted by atomic mass is 10.1. The highest BCUT2D eigenvalue weighted by atomic mass is 32.2. The van der Waals surface area contributed by atoms with Gasteiger partial charge in [-0.1, -0.05) is 43.0 Å². The summed E-state index contributed by atoms with van der Waals surface area (Å²) in [4.78, 5) is 26.4. The van der Waals surface area contributed by atoms with E-state index in [0.717, 1.165) is 35.1 Å². The molecular formula is C26H30N4OS. The number of hydrogen-bond acceptors (Lipinski definition) is 5. The second-order valence-electron chi connectivity index (χ2n) is 8.25. The summed E-state index contributed by atoms with van der Waals surface area (Å²) in [5.41, 5.74) is 3.23. The zero-order valence-electron chi connectivity index (χ0n) is 18.8. The molecule has 3 heterocycles. The lowest BCUT2D eigenvalue weighted by molar-refractivity contribution is -0.123. The van der Waals surface area contributed by atoms with Crippen LogP contribution in [0.5, 0.6) is 0 Å². The number of benzene rings is 1. The summed E-state index contributed by atoms with van der Waals surface area (Å²) in [6.45, 7) is 6.62. The van der Waals surface area contributed by atoms with Crippen molar-refractivity contribution in [1.29, 1.82) is 0 Å². The molecule has 32 heavy (non-hydrogen) atoms. The first-order valence-corrected chi connectivity index (χ1v) is 12.1. The van der Waals surface area contributed by atoms with Crippen molar-refractivity contribution in [1.82, 2.24) is 15.2 Å². The minimum absolute atomic E-state index is 0.00726. The Morgan fingerprint density at radius 3 is 2.69 bits per heavy atom. The predicted octanol–water partition coefficient (Wildman–Crippen LogP) is 5.16. The Labute approximate surface area is 194 Å². The molecule has 1 atom stereocenters. The topological polar surface area (TPSA) is 57.6 Å². The van der Waals surface area contributed by atoms with Crippen LogP contribution in [0, 0.1) is 5.92 Å². The number of amidine groups is 1. The van der Waals surface area contributed by atoms with Crippen LogP contribution in [-0.2, 0) is 11.3 Å². The molecule has 1 fully saturated rings. The monoisotopic (exact) mass is 446 g/mol. The van der Waals surface area contributed by atoms with Gasteiger partial charge >= 0.3 is 0 Å². The van der Waals surface area contributed by atoms with Crippen LogP contribution in [0.2, 0.25) is 0 Å². The number of likely N-dealkylation sites (tertiary alicyclic amines) is 1. The molecule has 1 amide bonds. The Balaban J connectivity index is 1.50. The smallest absolute Gasteiger partial charge is 0.226 e. The van der Waals surface area contributed by atoms with E-state index in [9.17, 15) is 4.79 Å². The molecule has 0 spiro atoms. The molecule has 2 aliphatic heterocycles. The Morgan fingerprint density at radius 2 is 1.91 bits per heavy atom. The van der Waals surface area contributed by atoms with E-state index in [1.54, 1.807) is 24.2 Å². The first kappa shape index (κ1) is 22.3. The molecule has 5 nitrogen and oxygen atoms in total. The number of aromatic nitrogens is 1. The van der Waals surface area contributed by atoms with E-state index in [1.807, 2.05) is 25.1 Å². The number of piperidine rings is 1. The number of aliphatic imine (C=N–C) groups is 1. The van der Waals surface area contributed by atoms with Crippen molar-refractivity contribution in [3.63, 3.8) is 0 Å². The molecule has 166 valence electrons. The molecule has 0 bridgehead atoms. The average molecular weight is 447 g/mol. The summed E-state index contributed by atoms with van der Waals surface area (Å²) in [6.07, 6.45) is 11.2. The number of pyridine rings is 1. The van der Waals surface area contributed by atoms with E-state index < -0.39 is 0 Å².